The molecular weight excluding hydrogens is 140 g/mol. The molecule has 2 heteroatoms. The molecule has 2 aliphatic rings. The second kappa shape index (κ2) is 2.59. The molecule has 2 nitrogen and oxygen atoms in total. The molecule has 0 aromatic rings. The van der Waals surface area contributed by atoms with E-state index in [9.17, 15) is 4.79 Å². The number of carbonyl (C=O) groups is 1. The van der Waals surface area contributed by atoms with Crippen molar-refractivity contribution in [2.45, 2.75) is 25.7 Å². The highest BCUT2D eigenvalue weighted by Crippen LogP contribution is 2.57. The monoisotopic (exact) mass is 154 g/mol. The van der Waals surface area contributed by atoms with Crippen LogP contribution in [0.4, 0.5) is 0 Å². The maximum absolute atomic E-state index is 10.5. The van der Waals surface area contributed by atoms with Gasteiger partial charge in [0.15, 0.2) is 0 Å². The van der Waals surface area contributed by atoms with Crippen LogP contribution < -0.4 is 0 Å². The quantitative estimate of drug-likeness (QED) is 0.533. The van der Waals surface area contributed by atoms with E-state index in [0.717, 1.165) is 38.8 Å². The highest BCUT2D eigenvalue weighted by molar-refractivity contribution is 5.60. The van der Waals surface area contributed by atoms with Crippen molar-refractivity contribution in [2.24, 2.45) is 11.3 Å². The predicted octanol–water partition coefficient (Wildman–Crippen LogP) is 1.39. The second-order valence-electron chi connectivity index (χ2n) is 3.77. The van der Waals surface area contributed by atoms with Crippen molar-refractivity contribution in [3.05, 3.63) is 0 Å². The third kappa shape index (κ3) is 1.20. The minimum Gasteiger partial charge on any atom is -0.381 e. The lowest BCUT2D eigenvalue weighted by atomic mass is 9.95. The van der Waals surface area contributed by atoms with Gasteiger partial charge in [0.05, 0.1) is 0 Å². The van der Waals surface area contributed by atoms with Crippen molar-refractivity contribution < 1.29 is 9.53 Å². The number of ether oxygens (including phenoxy) is 1. The van der Waals surface area contributed by atoms with Crippen molar-refractivity contribution in [2.75, 3.05) is 13.2 Å². The van der Waals surface area contributed by atoms with E-state index in [-0.39, 0.29) is 0 Å². The van der Waals surface area contributed by atoms with Crippen LogP contribution in [0.2, 0.25) is 0 Å². The smallest absolute Gasteiger partial charge is 0.123 e. The minimum atomic E-state index is 0.365. The highest BCUT2D eigenvalue weighted by atomic mass is 16.5. The standard InChI is InChI=1S/C9H14O2/c10-7-8-6-9(8)2-1-4-11-5-3-9/h7-8H,1-6H2. The third-order valence-electron chi connectivity index (χ3n) is 3.12. The van der Waals surface area contributed by atoms with Crippen LogP contribution in [0.25, 0.3) is 0 Å². The first-order chi connectivity index (χ1) is 5.37. The summed E-state index contributed by atoms with van der Waals surface area (Å²) >= 11 is 0. The van der Waals surface area contributed by atoms with Gasteiger partial charge >= 0.3 is 0 Å². The molecule has 1 aliphatic heterocycles. The predicted molar refractivity (Wildman–Crippen MR) is 41.3 cm³/mol. The minimum absolute atomic E-state index is 0.365. The van der Waals surface area contributed by atoms with Gasteiger partial charge in [-0.05, 0) is 31.1 Å². The van der Waals surface area contributed by atoms with Crippen LogP contribution in [-0.2, 0) is 9.53 Å². The molecule has 0 bridgehead atoms. The Morgan fingerprint density at radius 2 is 2.27 bits per heavy atom. The van der Waals surface area contributed by atoms with Crippen LogP contribution in [0.3, 0.4) is 0 Å². The summed E-state index contributed by atoms with van der Waals surface area (Å²) in [5.41, 5.74) is 0.387. The van der Waals surface area contributed by atoms with Crippen LogP contribution in [0.1, 0.15) is 25.7 Å². The molecule has 2 fully saturated rings. The van der Waals surface area contributed by atoms with E-state index in [0.29, 0.717) is 11.3 Å². The van der Waals surface area contributed by atoms with Gasteiger partial charge in [0.25, 0.3) is 0 Å². The molecule has 0 aromatic heterocycles. The van der Waals surface area contributed by atoms with E-state index >= 15 is 0 Å². The molecule has 62 valence electrons. The molecule has 1 aliphatic carbocycles. The Kier molecular flexibility index (Phi) is 1.72. The first-order valence-corrected chi connectivity index (χ1v) is 4.40. The largest absolute Gasteiger partial charge is 0.381 e. The second-order valence-corrected chi connectivity index (χ2v) is 3.77. The number of aldehydes is 1. The number of rotatable bonds is 1. The van der Waals surface area contributed by atoms with Gasteiger partial charge < -0.3 is 9.53 Å². The molecule has 1 spiro atoms. The molecule has 1 saturated heterocycles. The van der Waals surface area contributed by atoms with E-state index in [1.807, 2.05) is 0 Å². The maximum atomic E-state index is 10.5. The van der Waals surface area contributed by atoms with E-state index in [2.05, 4.69) is 0 Å². The summed E-state index contributed by atoms with van der Waals surface area (Å²) < 4.78 is 5.35. The van der Waals surface area contributed by atoms with Gasteiger partial charge in [-0.15, -0.1) is 0 Å². The van der Waals surface area contributed by atoms with E-state index in [1.54, 1.807) is 0 Å². The van der Waals surface area contributed by atoms with E-state index < -0.39 is 0 Å². The van der Waals surface area contributed by atoms with Gasteiger partial charge in [-0.25, -0.2) is 0 Å². The van der Waals surface area contributed by atoms with Gasteiger partial charge in [0.1, 0.15) is 6.29 Å². The topological polar surface area (TPSA) is 26.3 Å². The summed E-state index contributed by atoms with van der Waals surface area (Å²) in [5, 5.41) is 0. The normalized spacial score (nSPS) is 43.5. The molecular formula is C9H14O2. The van der Waals surface area contributed by atoms with Crippen molar-refractivity contribution in [1.29, 1.82) is 0 Å². The van der Waals surface area contributed by atoms with Gasteiger partial charge in [0.2, 0.25) is 0 Å². The zero-order chi connectivity index (χ0) is 7.73. The Balaban J connectivity index is 1.97. The highest BCUT2D eigenvalue weighted by Gasteiger charge is 2.53. The average molecular weight is 154 g/mol. The average Bonchev–Trinajstić information content (AvgIpc) is 2.76. The van der Waals surface area contributed by atoms with Gasteiger partial charge in [-0.3, -0.25) is 0 Å². The number of hydrogen-bond donors (Lipinski definition) is 0. The lowest BCUT2D eigenvalue weighted by molar-refractivity contribution is -0.109. The van der Waals surface area contributed by atoms with Gasteiger partial charge in [-0.1, -0.05) is 0 Å². The molecule has 11 heavy (non-hydrogen) atoms. The summed E-state index contributed by atoms with van der Waals surface area (Å²) in [7, 11) is 0. The molecule has 2 unspecified atom stereocenters. The Hall–Kier alpha value is -0.370. The summed E-state index contributed by atoms with van der Waals surface area (Å²) in [6, 6.07) is 0. The summed E-state index contributed by atoms with van der Waals surface area (Å²) in [4.78, 5) is 10.5. The van der Waals surface area contributed by atoms with E-state index in [1.165, 1.54) is 6.42 Å². The zero-order valence-electron chi connectivity index (χ0n) is 6.71. The molecule has 2 atom stereocenters. The van der Waals surface area contributed by atoms with Gasteiger partial charge in [0, 0.05) is 19.1 Å². The molecule has 0 aromatic carbocycles. The Morgan fingerprint density at radius 3 is 3.00 bits per heavy atom. The summed E-state index contributed by atoms with van der Waals surface area (Å²) in [6.07, 6.45) is 5.71. The summed E-state index contributed by atoms with van der Waals surface area (Å²) in [6.45, 7) is 1.76. The first-order valence-electron chi connectivity index (χ1n) is 4.40. The lowest BCUT2D eigenvalue weighted by Crippen LogP contribution is -2.05. The van der Waals surface area contributed by atoms with E-state index in [4.69, 9.17) is 4.74 Å². The van der Waals surface area contributed by atoms with Crippen LogP contribution in [0.15, 0.2) is 0 Å². The van der Waals surface area contributed by atoms with Crippen molar-refractivity contribution in [1.82, 2.24) is 0 Å². The van der Waals surface area contributed by atoms with Crippen LogP contribution in [0, 0.1) is 11.3 Å². The first kappa shape index (κ1) is 7.29. The Bertz CT molecular complexity index is 157. The number of hydrogen-bond acceptors (Lipinski definition) is 2. The van der Waals surface area contributed by atoms with Crippen molar-refractivity contribution in [3.8, 4) is 0 Å². The fraction of sp³-hybridized carbons (Fsp3) is 0.889. The van der Waals surface area contributed by atoms with Crippen LogP contribution >= 0.6 is 0 Å². The molecule has 0 radical (unpaired) electrons. The van der Waals surface area contributed by atoms with Crippen molar-refractivity contribution in [3.63, 3.8) is 0 Å². The van der Waals surface area contributed by atoms with Crippen molar-refractivity contribution >= 4 is 6.29 Å². The number of carbonyl (C=O) groups excluding carboxylic acids is 1. The van der Waals surface area contributed by atoms with Gasteiger partial charge in [-0.2, -0.15) is 0 Å². The summed E-state index contributed by atoms with van der Waals surface area (Å²) in [5.74, 6) is 0.365. The molecule has 2 rings (SSSR count). The SMILES string of the molecule is O=CC1CC12CCCOCC2. The molecule has 1 saturated carbocycles. The fourth-order valence-electron chi connectivity index (χ4n) is 2.18. The zero-order valence-corrected chi connectivity index (χ0v) is 6.71. The maximum Gasteiger partial charge on any atom is 0.123 e. The Morgan fingerprint density at radius 1 is 1.36 bits per heavy atom. The fourth-order valence-corrected chi connectivity index (χ4v) is 2.18. The lowest BCUT2D eigenvalue weighted by Gasteiger charge is -2.09. The van der Waals surface area contributed by atoms with Crippen LogP contribution in [-0.4, -0.2) is 19.5 Å². The van der Waals surface area contributed by atoms with Crippen LogP contribution in [0.5, 0.6) is 0 Å². The Labute approximate surface area is 66.9 Å². The molecule has 0 N–H and O–H groups in total. The molecule has 1 heterocycles. The molecule has 0 amide bonds. The third-order valence-corrected chi connectivity index (χ3v) is 3.12.